The van der Waals surface area contributed by atoms with Gasteiger partial charge in [0.1, 0.15) is 5.82 Å². The molecule has 1 N–H and O–H groups in total. The molecule has 0 aliphatic carbocycles. The fraction of sp³-hybridized carbons (Fsp3) is 0.533. The lowest BCUT2D eigenvalue weighted by Crippen LogP contribution is -2.25. The fourth-order valence-corrected chi connectivity index (χ4v) is 2.07. The Balaban J connectivity index is 1.54. The summed E-state index contributed by atoms with van der Waals surface area (Å²) in [5.74, 6) is -0.534. The van der Waals surface area contributed by atoms with Gasteiger partial charge in [-0.15, -0.1) is 0 Å². The zero-order valence-corrected chi connectivity index (χ0v) is 11.4. The van der Waals surface area contributed by atoms with Crippen LogP contribution in [0.15, 0.2) is 24.3 Å². The standard InChI is InChI=1S/C15H20FNO3/c16-13-6-4-12(5-7-13)15(18)17-8-2-9-19-11-14-3-1-10-20-14/h4-7,14H,1-3,8-11H2,(H,17,18). The van der Waals surface area contributed by atoms with Crippen molar-refractivity contribution in [2.24, 2.45) is 0 Å². The molecule has 0 aromatic heterocycles. The van der Waals surface area contributed by atoms with E-state index in [1.807, 2.05) is 0 Å². The monoisotopic (exact) mass is 281 g/mol. The molecule has 110 valence electrons. The van der Waals surface area contributed by atoms with E-state index in [9.17, 15) is 9.18 Å². The molecule has 2 rings (SSSR count). The molecule has 0 radical (unpaired) electrons. The van der Waals surface area contributed by atoms with E-state index < -0.39 is 0 Å². The van der Waals surface area contributed by atoms with Crippen molar-refractivity contribution in [2.45, 2.75) is 25.4 Å². The lowest BCUT2D eigenvalue weighted by molar-refractivity contribution is 0.0166. The molecule has 0 bridgehead atoms. The smallest absolute Gasteiger partial charge is 0.251 e. The Morgan fingerprint density at radius 1 is 1.40 bits per heavy atom. The van der Waals surface area contributed by atoms with Crippen molar-refractivity contribution in [2.75, 3.05) is 26.4 Å². The highest BCUT2D eigenvalue weighted by Gasteiger charge is 2.14. The van der Waals surface area contributed by atoms with Crippen LogP contribution in [-0.2, 0) is 9.47 Å². The summed E-state index contributed by atoms with van der Waals surface area (Å²) >= 11 is 0. The average molecular weight is 281 g/mol. The van der Waals surface area contributed by atoms with Crippen LogP contribution in [-0.4, -0.2) is 38.4 Å². The van der Waals surface area contributed by atoms with Gasteiger partial charge < -0.3 is 14.8 Å². The van der Waals surface area contributed by atoms with E-state index >= 15 is 0 Å². The number of carbonyl (C=O) groups is 1. The van der Waals surface area contributed by atoms with Crippen LogP contribution in [0.2, 0.25) is 0 Å². The molecular weight excluding hydrogens is 261 g/mol. The molecule has 20 heavy (non-hydrogen) atoms. The lowest BCUT2D eigenvalue weighted by Gasteiger charge is -2.10. The number of rotatable bonds is 7. The third kappa shape index (κ3) is 4.90. The summed E-state index contributed by atoms with van der Waals surface area (Å²) in [6, 6.07) is 5.50. The van der Waals surface area contributed by atoms with E-state index in [-0.39, 0.29) is 17.8 Å². The molecule has 4 nitrogen and oxygen atoms in total. The molecule has 1 heterocycles. The average Bonchev–Trinajstić information content (AvgIpc) is 2.96. The highest BCUT2D eigenvalue weighted by Crippen LogP contribution is 2.11. The zero-order chi connectivity index (χ0) is 14.2. The van der Waals surface area contributed by atoms with Crippen LogP contribution in [0.5, 0.6) is 0 Å². The van der Waals surface area contributed by atoms with Crippen LogP contribution in [0.25, 0.3) is 0 Å². The largest absolute Gasteiger partial charge is 0.379 e. The van der Waals surface area contributed by atoms with Gasteiger partial charge in [-0.25, -0.2) is 4.39 Å². The second-order valence-electron chi connectivity index (χ2n) is 4.83. The summed E-state index contributed by atoms with van der Waals surface area (Å²) in [6.07, 6.45) is 3.17. The predicted octanol–water partition coefficient (Wildman–Crippen LogP) is 2.14. The second-order valence-corrected chi connectivity index (χ2v) is 4.83. The maximum atomic E-state index is 12.7. The molecule has 1 unspecified atom stereocenters. The molecule has 1 aromatic carbocycles. The number of halogens is 1. The number of ether oxygens (including phenoxy) is 2. The van der Waals surface area contributed by atoms with Gasteiger partial charge in [-0.05, 0) is 43.5 Å². The summed E-state index contributed by atoms with van der Waals surface area (Å²) in [5.41, 5.74) is 0.465. The van der Waals surface area contributed by atoms with Gasteiger partial charge in [0.2, 0.25) is 0 Å². The Bertz CT molecular complexity index is 416. The van der Waals surface area contributed by atoms with Crippen LogP contribution < -0.4 is 5.32 Å². The summed E-state index contributed by atoms with van der Waals surface area (Å²) < 4.78 is 23.6. The van der Waals surface area contributed by atoms with Crippen LogP contribution in [0, 0.1) is 5.82 Å². The number of nitrogens with one attached hydrogen (secondary N) is 1. The summed E-state index contributed by atoms with van der Waals surface area (Å²) in [4.78, 5) is 11.7. The minimum Gasteiger partial charge on any atom is -0.379 e. The number of carbonyl (C=O) groups excluding carboxylic acids is 1. The lowest BCUT2D eigenvalue weighted by atomic mass is 10.2. The van der Waals surface area contributed by atoms with Crippen LogP contribution in [0.1, 0.15) is 29.6 Å². The predicted molar refractivity (Wildman–Crippen MR) is 73.1 cm³/mol. The van der Waals surface area contributed by atoms with E-state index in [2.05, 4.69) is 5.32 Å². The number of hydrogen-bond donors (Lipinski definition) is 1. The summed E-state index contributed by atoms with van der Waals surface area (Å²) in [5, 5.41) is 2.77. The third-order valence-corrected chi connectivity index (χ3v) is 3.19. The Kier molecular flexibility index (Phi) is 5.95. The topological polar surface area (TPSA) is 47.6 Å². The van der Waals surface area contributed by atoms with Crippen LogP contribution in [0.3, 0.4) is 0 Å². The molecule has 1 atom stereocenters. The Morgan fingerprint density at radius 2 is 2.20 bits per heavy atom. The Morgan fingerprint density at radius 3 is 2.90 bits per heavy atom. The first-order valence-corrected chi connectivity index (χ1v) is 6.99. The minimum atomic E-state index is -0.343. The van der Waals surface area contributed by atoms with Gasteiger partial charge in [-0.3, -0.25) is 4.79 Å². The van der Waals surface area contributed by atoms with Crippen LogP contribution in [0.4, 0.5) is 4.39 Å². The van der Waals surface area contributed by atoms with E-state index in [4.69, 9.17) is 9.47 Å². The van der Waals surface area contributed by atoms with Gasteiger partial charge in [0.15, 0.2) is 0 Å². The highest BCUT2D eigenvalue weighted by atomic mass is 19.1. The zero-order valence-electron chi connectivity index (χ0n) is 11.4. The second kappa shape index (κ2) is 7.97. The molecule has 1 saturated heterocycles. The quantitative estimate of drug-likeness (QED) is 0.779. The van der Waals surface area contributed by atoms with Crippen LogP contribution >= 0.6 is 0 Å². The van der Waals surface area contributed by atoms with Crippen molar-refractivity contribution >= 4 is 5.91 Å². The molecule has 1 aliphatic heterocycles. The van der Waals surface area contributed by atoms with Crippen molar-refractivity contribution < 1.29 is 18.7 Å². The molecule has 0 saturated carbocycles. The number of hydrogen-bond acceptors (Lipinski definition) is 3. The highest BCUT2D eigenvalue weighted by molar-refractivity contribution is 5.94. The first-order chi connectivity index (χ1) is 9.75. The normalized spacial score (nSPS) is 18.1. The minimum absolute atomic E-state index is 0.191. The van der Waals surface area contributed by atoms with Crippen molar-refractivity contribution in [3.05, 3.63) is 35.6 Å². The van der Waals surface area contributed by atoms with E-state index in [1.54, 1.807) is 0 Å². The Hall–Kier alpha value is -1.46. The maximum Gasteiger partial charge on any atom is 0.251 e. The molecule has 0 spiro atoms. The third-order valence-electron chi connectivity index (χ3n) is 3.19. The summed E-state index contributed by atoms with van der Waals surface area (Å²) in [6.45, 7) is 2.61. The van der Waals surface area contributed by atoms with Gasteiger partial charge in [0, 0.05) is 25.3 Å². The van der Waals surface area contributed by atoms with Crippen molar-refractivity contribution in [1.29, 1.82) is 0 Å². The van der Waals surface area contributed by atoms with E-state index in [0.29, 0.717) is 25.3 Å². The van der Waals surface area contributed by atoms with E-state index in [0.717, 1.165) is 25.9 Å². The first kappa shape index (κ1) is 14.9. The van der Waals surface area contributed by atoms with Gasteiger partial charge in [-0.2, -0.15) is 0 Å². The molecular formula is C15H20FNO3. The van der Waals surface area contributed by atoms with Gasteiger partial charge in [0.25, 0.3) is 5.91 Å². The van der Waals surface area contributed by atoms with Gasteiger partial charge >= 0.3 is 0 Å². The molecule has 1 aromatic rings. The fourth-order valence-electron chi connectivity index (χ4n) is 2.07. The Labute approximate surface area is 118 Å². The molecule has 1 aliphatic rings. The van der Waals surface area contributed by atoms with Crippen molar-refractivity contribution in [3.8, 4) is 0 Å². The van der Waals surface area contributed by atoms with Gasteiger partial charge in [-0.1, -0.05) is 0 Å². The number of benzene rings is 1. The maximum absolute atomic E-state index is 12.7. The molecule has 1 amide bonds. The summed E-state index contributed by atoms with van der Waals surface area (Å²) in [7, 11) is 0. The van der Waals surface area contributed by atoms with Crippen molar-refractivity contribution in [3.63, 3.8) is 0 Å². The number of amides is 1. The molecule has 5 heteroatoms. The van der Waals surface area contributed by atoms with Crippen molar-refractivity contribution in [1.82, 2.24) is 5.32 Å². The molecule has 1 fully saturated rings. The van der Waals surface area contributed by atoms with Gasteiger partial charge in [0.05, 0.1) is 12.7 Å². The van der Waals surface area contributed by atoms with E-state index in [1.165, 1.54) is 24.3 Å². The first-order valence-electron chi connectivity index (χ1n) is 6.99. The SMILES string of the molecule is O=C(NCCCOCC1CCCO1)c1ccc(F)cc1.